The number of nitrogens with two attached hydrogens (primary N) is 1. The first-order valence-corrected chi connectivity index (χ1v) is 6.23. The number of nitrogens with zero attached hydrogens (tertiary/aromatic N) is 1. The van der Waals surface area contributed by atoms with E-state index in [9.17, 15) is 0 Å². The maximum atomic E-state index is 6.21. The lowest BCUT2D eigenvalue weighted by Crippen LogP contribution is -2.48. The van der Waals surface area contributed by atoms with Crippen molar-refractivity contribution in [1.29, 1.82) is 0 Å². The molecule has 0 bridgehead atoms. The van der Waals surface area contributed by atoms with E-state index in [4.69, 9.17) is 5.73 Å². The minimum absolute atomic E-state index is 0.333. The molecule has 0 aliphatic heterocycles. The quantitative estimate of drug-likeness (QED) is 0.827. The van der Waals surface area contributed by atoms with Gasteiger partial charge in [-0.05, 0) is 37.5 Å². The Morgan fingerprint density at radius 3 is 2.69 bits per heavy atom. The minimum atomic E-state index is 0.333. The van der Waals surface area contributed by atoms with Crippen molar-refractivity contribution in [2.45, 2.75) is 44.7 Å². The number of benzene rings is 1. The summed E-state index contributed by atoms with van der Waals surface area (Å²) in [5.41, 5.74) is 8.82. The van der Waals surface area contributed by atoms with E-state index in [0.717, 1.165) is 0 Å². The Labute approximate surface area is 98.4 Å². The first-order valence-electron chi connectivity index (χ1n) is 6.23. The van der Waals surface area contributed by atoms with Crippen molar-refractivity contribution in [1.82, 2.24) is 0 Å². The smallest absolute Gasteiger partial charge is 0.0437 e. The Kier molecular flexibility index (Phi) is 3.49. The van der Waals surface area contributed by atoms with Crippen LogP contribution in [-0.2, 0) is 0 Å². The Morgan fingerprint density at radius 2 is 2.00 bits per heavy atom. The third-order valence-corrected chi connectivity index (χ3v) is 3.69. The normalized spacial score (nSPS) is 25.4. The largest absolute Gasteiger partial charge is 0.370 e. The van der Waals surface area contributed by atoms with Crippen LogP contribution in [0.3, 0.4) is 0 Å². The minimum Gasteiger partial charge on any atom is -0.370 e. The molecule has 88 valence electrons. The molecule has 1 aliphatic carbocycles. The summed E-state index contributed by atoms with van der Waals surface area (Å²) in [5, 5.41) is 0. The fourth-order valence-electron chi connectivity index (χ4n) is 2.66. The van der Waals surface area contributed by atoms with E-state index in [1.54, 1.807) is 0 Å². The molecule has 2 nitrogen and oxygen atoms in total. The van der Waals surface area contributed by atoms with Crippen molar-refractivity contribution in [3.05, 3.63) is 29.8 Å². The third-order valence-electron chi connectivity index (χ3n) is 3.69. The average Bonchev–Trinajstić information content (AvgIpc) is 2.29. The summed E-state index contributed by atoms with van der Waals surface area (Å²) in [7, 11) is 2.17. The molecule has 1 fully saturated rings. The molecular weight excluding hydrogens is 196 g/mol. The van der Waals surface area contributed by atoms with Gasteiger partial charge < -0.3 is 10.6 Å². The fourth-order valence-corrected chi connectivity index (χ4v) is 2.66. The zero-order chi connectivity index (χ0) is 11.5. The first kappa shape index (κ1) is 11.5. The van der Waals surface area contributed by atoms with Crippen LogP contribution in [0.2, 0.25) is 0 Å². The molecule has 0 spiro atoms. The van der Waals surface area contributed by atoms with Crippen LogP contribution in [0.1, 0.15) is 31.2 Å². The predicted molar refractivity (Wildman–Crippen MR) is 69.8 cm³/mol. The zero-order valence-electron chi connectivity index (χ0n) is 10.3. The van der Waals surface area contributed by atoms with E-state index >= 15 is 0 Å². The van der Waals surface area contributed by atoms with Gasteiger partial charge in [-0.1, -0.05) is 25.0 Å². The monoisotopic (exact) mass is 218 g/mol. The molecule has 2 atom stereocenters. The van der Waals surface area contributed by atoms with Gasteiger partial charge in [0.1, 0.15) is 0 Å². The van der Waals surface area contributed by atoms with Crippen LogP contribution in [-0.4, -0.2) is 19.1 Å². The van der Waals surface area contributed by atoms with Gasteiger partial charge in [0.2, 0.25) is 0 Å². The highest BCUT2D eigenvalue weighted by Crippen LogP contribution is 2.25. The molecule has 1 aromatic carbocycles. The lowest BCUT2D eigenvalue weighted by Gasteiger charge is -2.37. The number of rotatable bonds is 2. The van der Waals surface area contributed by atoms with Crippen LogP contribution in [0.4, 0.5) is 5.69 Å². The Balaban J connectivity index is 2.14. The standard InChI is InChI=1S/C14H22N2/c1-11-6-5-7-12(10-11)16(2)14-9-4-3-8-13(14)15/h5-7,10,13-14H,3-4,8-9,15H2,1-2H3. The summed E-state index contributed by atoms with van der Waals surface area (Å²) in [6.45, 7) is 2.14. The van der Waals surface area contributed by atoms with E-state index < -0.39 is 0 Å². The molecule has 0 amide bonds. The molecule has 2 heteroatoms. The highest BCUT2D eigenvalue weighted by molar-refractivity contribution is 5.49. The molecule has 1 saturated carbocycles. The maximum absolute atomic E-state index is 6.21. The van der Waals surface area contributed by atoms with E-state index in [-0.39, 0.29) is 0 Å². The summed E-state index contributed by atoms with van der Waals surface area (Å²) in [6.07, 6.45) is 5.00. The van der Waals surface area contributed by atoms with Crippen molar-refractivity contribution in [2.75, 3.05) is 11.9 Å². The Morgan fingerprint density at radius 1 is 1.25 bits per heavy atom. The Bertz CT molecular complexity index is 348. The lowest BCUT2D eigenvalue weighted by molar-refractivity contribution is 0.373. The van der Waals surface area contributed by atoms with E-state index in [1.165, 1.54) is 36.9 Å². The van der Waals surface area contributed by atoms with Gasteiger partial charge in [-0.2, -0.15) is 0 Å². The number of anilines is 1. The molecule has 16 heavy (non-hydrogen) atoms. The van der Waals surface area contributed by atoms with Gasteiger partial charge in [-0.25, -0.2) is 0 Å². The lowest BCUT2D eigenvalue weighted by atomic mass is 9.90. The third kappa shape index (κ3) is 2.38. The second-order valence-corrected chi connectivity index (χ2v) is 4.97. The molecule has 0 saturated heterocycles. The van der Waals surface area contributed by atoms with E-state index in [0.29, 0.717) is 12.1 Å². The Hall–Kier alpha value is -1.02. The zero-order valence-corrected chi connectivity index (χ0v) is 10.3. The molecule has 0 heterocycles. The van der Waals surface area contributed by atoms with Gasteiger partial charge in [-0.3, -0.25) is 0 Å². The number of aryl methyl sites for hydroxylation is 1. The fraction of sp³-hybridized carbons (Fsp3) is 0.571. The van der Waals surface area contributed by atoms with Crippen LogP contribution < -0.4 is 10.6 Å². The summed E-state index contributed by atoms with van der Waals surface area (Å²) in [6, 6.07) is 9.51. The first-order chi connectivity index (χ1) is 7.68. The molecule has 2 unspecified atom stereocenters. The molecule has 1 aromatic rings. The molecule has 2 rings (SSSR count). The van der Waals surface area contributed by atoms with Crippen LogP contribution in [0.15, 0.2) is 24.3 Å². The van der Waals surface area contributed by atoms with Gasteiger partial charge >= 0.3 is 0 Å². The van der Waals surface area contributed by atoms with Gasteiger partial charge in [0.25, 0.3) is 0 Å². The van der Waals surface area contributed by atoms with Crippen LogP contribution >= 0.6 is 0 Å². The number of hydrogen-bond acceptors (Lipinski definition) is 2. The van der Waals surface area contributed by atoms with Crippen LogP contribution in [0.5, 0.6) is 0 Å². The highest BCUT2D eigenvalue weighted by Gasteiger charge is 2.25. The van der Waals surface area contributed by atoms with Crippen LogP contribution in [0, 0.1) is 6.92 Å². The van der Waals surface area contributed by atoms with E-state index in [2.05, 4.69) is 43.1 Å². The molecule has 2 N–H and O–H groups in total. The summed E-state index contributed by atoms with van der Waals surface area (Å²) < 4.78 is 0. The van der Waals surface area contributed by atoms with Crippen LogP contribution in [0.25, 0.3) is 0 Å². The summed E-state index contributed by atoms with van der Waals surface area (Å²) >= 11 is 0. The van der Waals surface area contributed by atoms with Crippen molar-refractivity contribution in [2.24, 2.45) is 5.73 Å². The molecule has 0 aromatic heterocycles. The number of hydrogen-bond donors (Lipinski definition) is 1. The summed E-state index contributed by atoms with van der Waals surface area (Å²) in [4.78, 5) is 2.36. The van der Waals surface area contributed by atoms with Crippen molar-refractivity contribution in [3.63, 3.8) is 0 Å². The second kappa shape index (κ2) is 4.88. The second-order valence-electron chi connectivity index (χ2n) is 4.97. The van der Waals surface area contributed by atoms with Crippen molar-refractivity contribution in [3.8, 4) is 0 Å². The summed E-state index contributed by atoms with van der Waals surface area (Å²) in [5.74, 6) is 0. The van der Waals surface area contributed by atoms with E-state index in [1.807, 2.05) is 0 Å². The average molecular weight is 218 g/mol. The maximum Gasteiger partial charge on any atom is 0.0437 e. The molecule has 1 aliphatic rings. The molecular formula is C14H22N2. The van der Waals surface area contributed by atoms with Gasteiger partial charge in [0, 0.05) is 24.8 Å². The highest BCUT2D eigenvalue weighted by atomic mass is 15.2. The van der Waals surface area contributed by atoms with Gasteiger partial charge in [-0.15, -0.1) is 0 Å². The predicted octanol–water partition coefficient (Wildman–Crippen LogP) is 2.70. The van der Waals surface area contributed by atoms with Crippen molar-refractivity contribution < 1.29 is 0 Å². The van der Waals surface area contributed by atoms with Gasteiger partial charge in [0.15, 0.2) is 0 Å². The molecule has 0 radical (unpaired) electrons. The van der Waals surface area contributed by atoms with Gasteiger partial charge in [0.05, 0.1) is 0 Å². The topological polar surface area (TPSA) is 29.3 Å². The number of likely N-dealkylation sites (N-methyl/N-ethyl adjacent to an activating group) is 1. The SMILES string of the molecule is Cc1cccc(N(C)C2CCCCC2N)c1. The van der Waals surface area contributed by atoms with Crippen molar-refractivity contribution >= 4 is 5.69 Å².